The van der Waals surface area contributed by atoms with Gasteiger partial charge in [-0.2, -0.15) is 0 Å². The molecule has 1 atom stereocenters. The highest BCUT2D eigenvalue weighted by atomic mass is 16.5. The van der Waals surface area contributed by atoms with E-state index in [1.54, 1.807) is 12.1 Å². The minimum Gasteiger partial charge on any atom is -0.478 e. The molecule has 0 bridgehead atoms. The molecule has 1 heterocycles. The zero-order valence-electron chi connectivity index (χ0n) is 13.9. The standard InChI is InChI=1S/C20H23NO3/c1-2-20(18-6-4-3-5-16(18)11-12-24-20)14-21-13-15-7-9-17(10-8-15)19(22)23/h3-10,21H,2,11-14H2,1H3,(H,22,23). The molecule has 2 aromatic rings. The van der Waals surface area contributed by atoms with Gasteiger partial charge in [0.1, 0.15) is 5.60 Å². The van der Waals surface area contributed by atoms with Gasteiger partial charge in [0.2, 0.25) is 0 Å². The molecule has 1 unspecified atom stereocenters. The van der Waals surface area contributed by atoms with Crippen LogP contribution in [0.1, 0.15) is 40.4 Å². The van der Waals surface area contributed by atoms with Crippen LogP contribution in [0, 0.1) is 0 Å². The Morgan fingerprint density at radius 3 is 2.67 bits per heavy atom. The number of rotatable bonds is 6. The van der Waals surface area contributed by atoms with Gasteiger partial charge < -0.3 is 15.2 Å². The lowest BCUT2D eigenvalue weighted by molar-refractivity contribution is -0.0621. The quantitative estimate of drug-likeness (QED) is 0.855. The summed E-state index contributed by atoms with van der Waals surface area (Å²) in [7, 11) is 0. The lowest BCUT2D eigenvalue weighted by atomic mass is 9.84. The van der Waals surface area contributed by atoms with Gasteiger partial charge in [-0.15, -0.1) is 0 Å². The monoisotopic (exact) mass is 325 g/mol. The molecule has 0 amide bonds. The van der Waals surface area contributed by atoms with E-state index in [9.17, 15) is 4.79 Å². The summed E-state index contributed by atoms with van der Waals surface area (Å²) in [5, 5.41) is 12.4. The largest absolute Gasteiger partial charge is 0.478 e. The number of carbonyl (C=O) groups is 1. The molecule has 24 heavy (non-hydrogen) atoms. The van der Waals surface area contributed by atoms with Crippen LogP contribution >= 0.6 is 0 Å². The number of carboxylic acids is 1. The molecule has 0 aliphatic carbocycles. The van der Waals surface area contributed by atoms with Crippen molar-refractivity contribution in [2.75, 3.05) is 13.2 Å². The predicted molar refractivity (Wildman–Crippen MR) is 93.2 cm³/mol. The Bertz CT molecular complexity index is 711. The first-order chi connectivity index (χ1) is 11.6. The number of hydrogen-bond acceptors (Lipinski definition) is 3. The number of ether oxygens (including phenoxy) is 1. The smallest absolute Gasteiger partial charge is 0.335 e. The molecule has 0 fully saturated rings. The van der Waals surface area contributed by atoms with Gasteiger partial charge in [0.15, 0.2) is 0 Å². The molecule has 126 valence electrons. The highest BCUT2D eigenvalue weighted by Gasteiger charge is 2.35. The third kappa shape index (κ3) is 3.35. The molecular formula is C20H23NO3. The van der Waals surface area contributed by atoms with Crippen molar-refractivity contribution in [2.45, 2.75) is 31.9 Å². The Kier molecular flexibility index (Phi) is 4.97. The maximum atomic E-state index is 10.9. The maximum Gasteiger partial charge on any atom is 0.335 e. The average Bonchev–Trinajstić information content (AvgIpc) is 2.62. The molecular weight excluding hydrogens is 302 g/mol. The highest BCUT2D eigenvalue weighted by molar-refractivity contribution is 5.87. The zero-order valence-corrected chi connectivity index (χ0v) is 13.9. The van der Waals surface area contributed by atoms with E-state index in [0.717, 1.165) is 31.6 Å². The summed E-state index contributed by atoms with van der Waals surface area (Å²) in [6, 6.07) is 15.5. The number of carboxylic acid groups (broad SMARTS) is 1. The van der Waals surface area contributed by atoms with Gasteiger partial charge in [-0.05, 0) is 41.7 Å². The summed E-state index contributed by atoms with van der Waals surface area (Å²) in [4.78, 5) is 10.9. The zero-order chi connectivity index (χ0) is 17.0. The minimum absolute atomic E-state index is 0.282. The average molecular weight is 325 g/mol. The number of benzene rings is 2. The maximum absolute atomic E-state index is 10.9. The molecule has 1 aliphatic rings. The van der Waals surface area contributed by atoms with Crippen LogP contribution in [0.25, 0.3) is 0 Å². The van der Waals surface area contributed by atoms with E-state index in [-0.39, 0.29) is 5.60 Å². The molecule has 0 radical (unpaired) electrons. The van der Waals surface area contributed by atoms with E-state index in [4.69, 9.17) is 9.84 Å². The van der Waals surface area contributed by atoms with Crippen molar-refractivity contribution in [3.05, 3.63) is 70.8 Å². The van der Waals surface area contributed by atoms with Crippen LogP contribution in [0.2, 0.25) is 0 Å². The molecule has 4 heteroatoms. The third-order valence-corrected chi connectivity index (χ3v) is 4.77. The van der Waals surface area contributed by atoms with Gasteiger partial charge in [0.25, 0.3) is 0 Å². The third-order valence-electron chi connectivity index (χ3n) is 4.77. The fourth-order valence-electron chi connectivity index (χ4n) is 3.35. The topological polar surface area (TPSA) is 58.6 Å². The van der Waals surface area contributed by atoms with Gasteiger partial charge in [-0.25, -0.2) is 4.79 Å². The summed E-state index contributed by atoms with van der Waals surface area (Å²) >= 11 is 0. The molecule has 0 aromatic heterocycles. The second-order valence-corrected chi connectivity index (χ2v) is 6.21. The fourth-order valence-corrected chi connectivity index (χ4v) is 3.35. The summed E-state index contributed by atoms with van der Waals surface area (Å²) in [5.74, 6) is -0.897. The van der Waals surface area contributed by atoms with Crippen LogP contribution in [0.5, 0.6) is 0 Å². The first kappa shape index (κ1) is 16.7. The molecule has 3 rings (SSSR count). The molecule has 2 N–H and O–H groups in total. The molecule has 1 aliphatic heterocycles. The Labute approximate surface area is 142 Å². The van der Waals surface area contributed by atoms with Crippen LogP contribution in [0.3, 0.4) is 0 Å². The Morgan fingerprint density at radius 2 is 1.96 bits per heavy atom. The van der Waals surface area contributed by atoms with Crippen molar-refractivity contribution in [1.82, 2.24) is 5.32 Å². The van der Waals surface area contributed by atoms with Crippen LogP contribution < -0.4 is 5.32 Å². The van der Waals surface area contributed by atoms with E-state index in [1.807, 2.05) is 12.1 Å². The van der Waals surface area contributed by atoms with Crippen LogP contribution in [-0.4, -0.2) is 24.2 Å². The van der Waals surface area contributed by atoms with Crippen LogP contribution in [-0.2, 0) is 23.3 Å². The van der Waals surface area contributed by atoms with Gasteiger partial charge in [0.05, 0.1) is 12.2 Å². The molecule has 2 aromatic carbocycles. The second-order valence-electron chi connectivity index (χ2n) is 6.21. The predicted octanol–water partition coefficient (Wildman–Crippen LogP) is 3.35. The Morgan fingerprint density at radius 1 is 1.21 bits per heavy atom. The highest BCUT2D eigenvalue weighted by Crippen LogP contribution is 2.35. The van der Waals surface area contributed by atoms with Crippen molar-refractivity contribution in [3.8, 4) is 0 Å². The van der Waals surface area contributed by atoms with Gasteiger partial charge >= 0.3 is 5.97 Å². The molecule has 0 spiro atoms. The first-order valence-electron chi connectivity index (χ1n) is 8.40. The van der Waals surface area contributed by atoms with Crippen molar-refractivity contribution in [3.63, 3.8) is 0 Å². The van der Waals surface area contributed by atoms with Crippen molar-refractivity contribution < 1.29 is 14.6 Å². The van der Waals surface area contributed by atoms with E-state index in [0.29, 0.717) is 12.1 Å². The van der Waals surface area contributed by atoms with E-state index < -0.39 is 5.97 Å². The van der Waals surface area contributed by atoms with E-state index >= 15 is 0 Å². The number of fused-ring (bicyclic) bond motifs is 1. The molecule has 4 nitrogen and oxygen atoms in total. The van der Waals surface area contributed by atoms with Crippen molar-refractivity contribution >= 4 is 5.97 Å². The van der Waals surface area contributed by atoms with Crippen molar-refractivity contribution in [2.24, 2.45) is 0 Å². The van der Waals surface area contributed by atoms with E-state index in [1.165, 1.54) is 11.1 Å². The van der Waals surface area contributed by atoms with E-state index in [2.05, 4.69) is 36.5 Å². The fraction of sp³-hybridized carbons (Fsp3) is 0.350. The molecule has 0 saturated heterocycles. The summed E-state index contributed by atoms with van der Waals surface area (Å²) < 4.78 is 6.19. The van der Waals surface area contributed by atoms with Gasteiger partial charge in [0, 0.05) is 13.1 Å². The Hall–Kier alpha value is -2.17. The summed E-state index contributed by atoms with van der Waals surface area (Å²) in [5.41, 5.74) is 3.75. The van der Waals surface area contributed by atoms with Crippen LogP contribution in [0.15, 0.2) is 48.5 Å². The SMILES string of the molecule is CCC1(CNCc2ccc(C(=O)O)cc2)OCCc2ccccc21. The first-order valence-corrected chi connectivity index (χ1v) is 8.40. The number of aromatic carboxylic acids is 1. The normalized spacial score (nSPS) is 19.7. The summed E-state index contributed by atoms with van der Waals surface area (Å²) in [6.45, 7) is 4.33. The van der Waals surface area contributed by atoms with Gasteiger partial charge in [-0.1, -0.05) is 43.3 Å². The Balaban J connectivity index is 1.68. The number of hydrogen-bond donors (Lipinski definition) is 2. The van der Waals surface area contributed by atoms with Crippen LogP contribution in [0.4, 0.5) is 0 Å². The second kappa shape index (κ2) is 7.16. The van der Waals surface area contributed by atoms with Gasteiger partial charge in [-0.3, -0.25) is 0 Å². The lowest BCUT2D eigenvalue weighted by Crippen LogP contribution is -2.43. The molecule has 0 saturated carbocycles. The number of nitrogens with one attached hydrogen (secondary N) is 1. The lowest BCUT2D eigenvalue weighted by Gasteiger charge is -2.39. The van der Waals surface area contributed by atoms with Crippen molar-refractivity contribution in [1.29, 1.82) is 0 Å². The summed E-state index contributed by atoms with van der Waals surface area (Å²) in [6.07, 6.45) is 1.88. The minimum atomic E-state index is -0.897.